The average molecular weight is 136 g/mol. The van der Waals surface area contributed by atoms with Crippen molar-refractivity contribution in [3.63, 3.8) is 0 Å². The summed E-state index contributed by atoms with van der Waals surface area (Å²) in [5.74, 6) is 0.641. The van der Waals surface area contributed by atoms with Gasteiger partial charge in [-0.1, -0.05) is 0 Å². The maximum Gasteiger partial charge on any atom is 0.328 e. The highest BCUT2D eigenvalue weighted by atomic mass is 16.5. The van der Waals surface area contributed by atoms with Crippen molar-refractivity contribution in [2.45, 2.75) is 0 Å². The van der Waals surface area contributed by atoms with Crippen molar-refractivity contribution >= 4 is 12.9 Å². The van der Waals surface area contributed by atoms with Crippen molar-refractivity contribution in [1.29, 1.82) is 0 Å². The van der Waals surface area contributed by atoms with Crippen LogP contribution >= 0.6 is 0 Å². The Kier molecular flexibility index (Phi) is 2.28. The van der Waals surface area contributed by atoms with Crippen molar-refractivity contribution in [1.82, 2.24) is 4.98 Å². The second-order valence-electron chi connectivity index (χ2n) is 1.79. The van der Waals surface area contributed by atoms with Crippen LogP contribution in [0.5, 0.6) is 5.75 Å². The SMILES string of the molecule is COc1cncc([B]O)c1. The number of pyridine rings is 1. The number of rotatable bonds is 2. The Morgan fingerprint density at radius 1 is 1.60 bits per heavy atom. The third-order valence-electron chi connectivity index (χ3n) is 1.12. The predicted octanol–water partition coefficient (Wildman–Crippen LogP) is -0.673. The topological polar surface area (TPSA) is 42.4 Å². The quantitative estimate of drug-likeness (QED) is 0.548. The van der Waals surface area contributed by atoms with Crippen LogP contribution in [0.4, 0.5) is 0 Å². The average Bonchev–Trinajstić information content (AvgIpc) is 2.05. The summed E-state index contributed by atoms with van der Waals surface area (Å²) in [5.41, 5.74) is 0.638. The van der Waals surface area contributed by atoms with Crippen molar-refractivity contribution < 1.29 is 9.76 Å². The summed E-state index contributed by atoms with van der Waals surface area (Å²) >= 11 is 0. The monoisotopic (exact) mass is 136 g/mol. The molecule has 0 atom stereocenters. The number of hydrogen-bond donors (Lipinski definition) is 1. The summed E-state index contributed by atoms with van der Waals surface area (Å²) in [6.07, 6.45) is 3.12. The Balaban J connectivity index is 2.87. The Hall–Kier alpha value is -1.03. The number of hydrogen-bond acceptors (Lipinski definition) is 3. The molecule has 0 saturated carbocycles. The van der Waals surface area contributed by atoms with Gasteiger partial charge in [-0.3, -0.25) is 4.98 Å². The molecule has 1 aromatic rings. The van der Waals surface area contributed by atoms with E-state index < -0.39 is 0 Å². The van der Waals surface area contributed by atoms with Gasteiger partial charge < -0.3 is 9.76 Å². The van der Waals surface area contributed by atoms with Crippen LogP contribution < -0.4 is 10.2 Å². The van der Waals surface area contributed by atoms with Gasteiger partial charge in [0.1, 0.15) is 5.75 Å². The molecule has 0 aliphatic carbocycles. The predicted molar refractivity (Wildman–Crippen MR) is 38.4 cm³/mol. The summed E-state index contributed by atoms with van der Waals surface area (Å²) in [7, 11) is 2.54. The number of methoxy groups -OCH3 is 1. The molecule has 1 heterocycles. The van der Waals surface area contributed by atoms with Gasteiger partial charge >= 0.3 is 7.48 Å². The molecule has 0 aliphatic heterocycles. The lowest BCUT2D eigenvalue weighted by molar-refractivity contribution is 0.413. The maximum absolute atomic E-state index is 8.54. The molecule has 0 saturated heterocycles. The Morgan fingerprint density at radius 2 is 2.40 bits per heavy atom. The first-order chi connectivity index (χ1) is 4.86. The number of ether oxygens (including phenoxy) is 1. The van der Waals surface area contributed by atoms with Crippen LogP contribution in [0.15, 0.2) is 18.5 Å². The van der Waals surface area contributed by atoms with E-state index in [0.717, 1.165) is 7.48 Å². The van der Waals surface area contributed by atoms with Gasteiger partial charge in [0.05, 0.1) is 13.3 Å². The molecule has 0 spiro atoms. The molecule has 0 bridgehead atoms. The van der Waals surface area contributed by atoms with E-state index in [2.05, 4.69) is 4.98 Å². The van der Waals surface area contributed by atoms with E-state index in [1.165, 1.54) is 0 Å². The summed E-state index contributed by atoms with van der Waals surface area (Å²) in [6.45, 7) is 0. The van der Waals surface area contributed by atoms with Crippen LogP contribution in [0.1, 0.15) is 0 Å². The highest BCUT2D eigenvalue weighted by Gasteiger charge is 1.94. The van der Waals surface area contributed by atoms with Gasteiger partial charge in [-0.25, -0.2) is 0 Å². The van der Waals surface area contributed by atoms with E-state index in [-0.39, 0.29) is 0 Å². The first kappa shape index (κ1) is 7.09. The lowest BCUT2D eigenvalue weighted by atomic mass is 9.91. The molecule has 3 nitrogen and oxygen atoms in total. The molecule has 51 valence electrons. The van der Waals surface area contributed by atoms with E-state index >= 15 is 0 Å². The zero-order valence-corrected chi connectivity index (χ0v) is 5.61. The fraction of sp³-hybridized carbons (Fsp3) is 0.167. The first-order valence-electron chi connectivity index (χ1n) is 2.83. The summed E-state index contributed by atoms with van der Waals surface area (Å²) in [4.78, 5) is 3.81. The van der Waals surface area contributed by atoms with E-state index in [0.29, 0.717) is 11.2 Å². The normalized spacial score (nSPS) is 9.00. The van der Waals surface area contributed by atoms with Crippen LogP contribution in [0, 0.1) is 0 Å². The molecule has 0 aliphatic rings. The fourth-order valence-corrected chi connectivity index (χ4v) is 0.618. The molecule has 1 N–H and O–H groups in total. The minimum atomic E-state index is 0.638. The van der Waals surface area contributed by atoms with Gasteiger partial charge in [0, 0.05) is 6.20 Å². The van der Waals surface area contributed by atoms with Crippen LogP contribution in [0.25, 0.3) is 0 Å². The molecule has 0 amide bonds. The van der Waals surface area contributed by atoms with Gasteiger partial charge in [0.15, 0.2) is 0 Å². The second-order valence-corrected chi connectivity index (χ2v) is 1.79. The van der Waals surface area contributed by atoms with Crippen LogP contribution in [0.3, 0.4) is 0 Å². The maximum atomic E-state index is 8.54. The Labute approximate surface area is 59.9 Å². The van der Waals surface area contributed by atoms with Gasteiger partial charge in [0.2, 0.25) is 0 Å². The van der Waals surface area contributed by atoms with E-state index in [4.69, 9.17) is 9.76 Å². The smallest absolute Gasteiger partial charge is 0.328 e. The van der Waals surface area contributed by atoms with E-state index in [1.54, 1.807) is 25.6 Å². The summed E-state index contributed by atoms with van der Waals surface area (Å²) < 4.78 is 4.86. The van der Waals surface area contributed by atoms with Crippen LogP contribution in [0.2, 0.25) is 0 Å². The first-order valence-corrected chi connectivity index (χ1v) is 2.83. The van der Waals surface area contributed by atoms with Gasteiger partial charge in [-0.05, 0) is 11.5 Å². The minimum Gasteiger partial charge on any atom is -0.495 e. The standard InChI is InChI=1S/C6H7BNO2/c1-10-6-2-5(7-9)3-8-4-6/h2-4,9H,1H3. The Morgan fingerprint density at radius 3 is 3.00 bits per heavy atom. The van der Waals surface area contributed by atoms with E-state index in [1.807, 2.05) is 0 Å². The molecule has 0 fully saturated rings. The zero-order valence-electron chi connectivity index (χ0n) is 5.61. The summed E-state index contributed by atoms with van der Waals surface area (Å²) in [5, 5.41) is 8.54. The largest absolute Gasteiger partial charge is 0.495 e. The van der Waals surface area contributed by atoms with Crippen molar-refractivity contribution in [2.75, 3.05) is 7.11 Å². The third-order valence-corrected chi connectivity index (χ3v) is 1.12. The molecule has 1 rings (SSSR count). The van der Waals surface area contributed by atoms with Crippen LogP contribution in [-0.2, 0) is 0 Å². The van der Waals surface area contributed by atoms with Crippen LogP contribution in [-0.4, -0.2) is 24.6 Å². The molecule has 1 radical (unpaired) electrons. The molecule has 0 unspecified atom stereocenters. The molecular weight excluding hydrogens is 129 g/mol. The fourth-order valence-electron chi connectivity index (χ4n) is 0.618. The van der Waals surface area contributed by atoms with Crippen molar-refractivity contribution in [2.24, 2.45) is 0 Å². The molecule has 4 heteroatoms. The lowest BCUT2D eigenvalue weighted by Gasteiger charge is -1.98. The van der Waals surface area contributed by atoms with Crippen molar-refractivity contribution in [3.8, 4) is 5.75 Å². The molecule has 10 heavy (non-hydrogen) atoms. The zero-order chi connectivity index (χ0) is 7.40. The van der Waals surface area contributed by atoms with Gasteiger partial charge in [-0.15, -0.1) is 0 Å². The summed E-state index contributed by atoms with van der Waals surface area (Å²) in [6, 6.07) is 1.69. The second kappa shape index (κ2) is 3.22. The third kappa shape index (κ3) is 1.48. The minimum absolute atomic E-state index is 0.638. The van der Waals surface area contributed by atoms with Crippen molar-refractivity contribution in [3.05, 3.63) is 18.5 Å². The van der Waals surface area contributed by atoms with Gasteiger partial charge in [-0.2, -0.15) is 0 Å². The highest BCUT2D eigenvalue weighted by molar-refractivity contribution is 6.45. The lowest BCUT2D eigenvalue weighted by Crippen LogP contribution is -2.13. The Bertz CT molecular complexity index is 197. The molecule has 1 aromatic heterocycles. The van der Waals surface area contributed by atoms with E-state index in [9.17, 15) is 0 Å². The number of nitrogens with zero attached hydrogens (tertiary/aromatic N) is 1. The molecule has 0 aromatic carbocycles. The number of aromatic nitrogens is 1. The highest BCUT2D eigenvalue weighted by Crippen LogP contribution is 2.01. The molecular formula is C6H7BNO2. The van der Waals surface area contributed by atoms with Gasteiger partial charge in [0.25, 0.3) is 0 Å².